The quantitative estimate of drug-likeness (QED) is 0.483. The van der Waals surface area contributed by atoms with Gasteiger partial charge in [-0.2, -0.15) is 0 Å². The van der Waals surface area contributed by atoms with Crippen LogP contribution in [0.4, 0.5) is 0 Å². The maximum absolute atomic E-state index is 11.9. The number of nitrogens with one attached hydrogen (secondary N) is 2. The Hall–Kier alpha value is -2.27. The molecular formula is C24H25BrN2O2. The molecule has 0 radical (unpaired) electrons. The van der Waals surface area contributed by atoms with Crippen molar-refractivity contribution < 1.29 is 9.90 Å². The number of aromatic amines is 2. The molecule has 1 aromatic carbocycles. The van der Waals surface area contributed by atoms with E-state index < -0.39 is 5.97 Å². The third-order valence-electron chi connectivity index (χ3n) is 6.73. The van der Waals surface area contributed by atoms with E-state index in [-0.39, 0.29) is 5.92 Å². The van der Waals surface area contributed by atoms with Gasteiger partial charge in [-0.3, -0.25) is 0 Å². The number of benzene rings is 1. The lowest BCUT2D eigenvalue weighted by molar-refractivity contribution is 0.0690. The van der Waals surface area contributed by atoms with Crippen LogP contribution >= 0.6 is 15.9 Å². The number of fused-ring (bicyclic) bond motifs is 2. The molecule has 0 saturated heterocycles. The van der Waals surface area contributed by atoms with E-state index in [9.17, 15) is 9.90 Å². The fourth-order valence-corrected chi connectivity index (χ4v) is 6.27. The summed E-state index contributed by atoms with van der Waals surface area (Å²) in [5.74, 6) is -0.848. The molecule has 1 unspecified atom stereocenters. The molecule has 5 rings (SSSR count). The number of halogens is 1. The standard InChI is InChI=1S/C24H25BrN2O2/c1-12-9-15(25)10-13(2)19(12)20(21-16-6-3-5-14(16)11-26-21)22-17-7-4-8-18(17)23(27-22)24(28)29/h9-11,20,26-27H,3-8H2,1-2H3,(H,28,29). The Balaban J connectivity index is 1.79. The molecule has 0 aliphatic heterocycles. The van der Waals surface area contributed by atoms with Crippen LogP contribution in [0, 0.1) is 13.8 Å². The lowest BCUT2D eigenvalue weighted by Crippen LogP contribution is -2.12. The Morgan fingerprint density at radius 1 is 1.00 bits per heavy atom. The molecule has 0 bridgehead atoms. The number of carboxylic acid groups (broad SMARTS) is 1. The van der Waals surface area contributed by atoms with Crippen molar-refractivity contribution in [3.05, 3.63) is 78.8 Å². The largest absolute Gasteiger partial charge is 0.477 e. The molecule has 0 saturated carbocycles. The normalized spacial score (nSPS) is 16.1. The summed E-state index contributed by atoms with van der Waals surface area (Å²) >= 11 is 3.63. The van der Waals surface area contributed by atoms with Crippen molar-refractivity contribution in [2.24, 2.45) is 0 Å². The predicted octanol–water partition coefficient (Wildman–Crippen LogP) is 5.58. The Kier molecular flexibility index (Phi) is 4.46. The molecule has 3 aromatic rings. The number of hydrogen-bond acceptors (Lipinski definition) is 1. The summed E-state index contributed by atoms with van der Waals surface area (Å²) in [6.45, 7) is 4.31. The summed E-state index contributed by atoms with van der Waals surface area (Å²) in [5, 5.41) is 9.80. The SMILES string of the molecule is Cc1cc(Br)cc(C)c1C(c1[nH]cc2c1CCC2)c1[nH]c(C(=O)O)c2c1CCC2. The highest BCUT2D eigenvalue weighted by molar-refractivity contribution is 9.10. The van der Waals surface area contributed by atoms with Crippen LogP contribution < -0.4 is 0 Å². The van der Waals surface area contributed by atoms with Crippen LogP contribution in [-0.4, -0.2) is 21.0 Å². The molecule has 0 amide bonds. The lowest BCUT2D eigenvalue weighted by Gasteiger charge is -2.23. The minimum absolute atomic E-state index is 0.00454. The van der Waals surface area contributed by atoms with Gasteiger partial charge in [0, 0.05) is 22.1 Å². The van der Waals surface area contributed by atoms with Crippen LogP contribution in [0.2, 0.25) is 0 Å². The van der Waals surface area contributed by atoms with E-state index >= 15 is 0 Å². The van der Waals surface area contributed by atoms with Gasteiger partial charge < -0.3 is 15.1 Å². The second-order valence-electron chi connectivity index (χ2n) is 8.48. The van der Waals surface area contributed by atoms with Crippen LogP contribution in [0.5, 0.6) is 0 Å². The zero-order valence-corrected chi connectivity index (χ0v) is 18.4. The van der Waals surface area contributed by atoms with E-state index in [1.807, 2.05) is 0 Å². The lowest BCUT2D eigenvalue weighted by atomic mass is 9.83. The fourth-order valence-electron chi connectivity index (χ4n) is 5.59. The van der Waals surface area contributed by atoms with Crippen LogP contribution in [0.25, 0.3) is 0 Å². The number of aryl methyl sites for hydroxylation is 3. The number of H-pyrrole nitrogens is 2. The van der Waals surface area contributed by atoms with Gasteiger partial charge in [0.25, 0.3) is 0 Å². The highest BCUT2D eigenvalue weighted by atomic mass is 79.9. The molecule has 29 heavy (non-hydrogen) atoms. The van der Waals surface area contributed by atoms with Gasteiger partial charge in [0.15, 0.2) is 0 Å². The van der Waals surface area contributed by atoms with Gasteiger partial charge in [-0.25, -0.2) is 4.79 Å². The van der Waals surface area contributed by atoms with Crippen molar-refractivity contribution in [2.45, 2.75) is 58.3 Å². The van der Waals surface area contributed by atoms with Crippen molar-refractivity contribution >= 4 is 21.9 Å². The van der Waals surface area contributed by atoms with Gasteiger partial charge in [0.1, 0.15) is 5.69 Å². The fraction of sp³-hybridized carbons (Fsp3) is 0.375. The molecule has 3 N–H and O–H groups in total. The number of aromatic carboxylic acids is 1. The van der Waals surface area contributed by atoms with E-state index in [0.29, 0.717) is 5.69 Å². The second-order valence-corrected chi connectivity index (χ2v) is 9.39. The monoisotopic (exact) mass is 452 g/mol. The van der Waals surface area contributed by atoms with Gasteiger partial charge in [-0.15, -0.1) is 0 Å². The van der Waals surface area contributed by atoms with E-state index in [1.54, 1.807) is 0 Å². The summed E-state index contributed by atoms with van der Waals surface area (Å²) in [4.78, 5) is 18.9. The van der Waals surface area contributed by atoms with Gasteiger partial charge in [0.2, 0.25) is 0 Å². The molecular weight excluding hydrogens is 428 g/mol. The highest BCUT2D eigenvalue weighted by Crippen LogP contribution is 2.44. The molecule has 2 aliphatic rings. The number of rotatable bonds is 4. The summed E-state index contributed by atoms with van der Waals surface area (Å²) in [6, 6.07) is 4.33. The topological polar surface area (TPSA) is 68.9 Å². The Morgan fingerprint density at radius 2 is 1.66 bits per heavy atom. The minimum atomic E-state index is -0.853. The van der Waals surface area contributed by atoms with Crippen molar-refractivity contribution in [1.82, 2.24) is 9.97 Å². The second kappa shape index (κ2) is 6.91. The summed E-state index contributed by atoms with van der Waals surface area (Å²) < 4.78 is 1.08. The van der Waals surface area contributed by atoms with E-state index in [4.69, 9.17) is 0 Å². The molecule has 1 atom stereocenters. The molecule has 150 valence electrons. The first-order chi connectivity index (χ1) is 14.0. The minimum Gasteiger partial charge on any atom is -0.477 e. The van der Waals surface area contributed by atoms with E-state index in [0.717, 1.165) is 47.8 Å². The Labute approximate surface area is 178 Å². The number of carbonyl (C=O) groups is 1. The molecule has 5 heteroatoms. The zero-order chi connectivity index (χ0) is 20.3. The first-order valence-corrected chi connectivity index (χ1v) is 11.2. The molecule has 0 spiro atoms. The van der Waals surface area contributed by atoms with E-state index in [2.05, 4.69) is 58.1 Å². The maximum atomic E-state index is 11.9. The van der Waals surface area contributed by atoms with Gasteiger partial charge in [-0.1, -0.05) is 15.9 Å². The molecule has 2 heterocycles. The Morgan fingerprint density at radius 3 is 2.38 bits per heavy atom. The van der Waals surface area contributed by atoms with Crippen molar-refractivity contribution in [3.8, 4) is 0 Å². The summed E-state index contributed by atoms with van der Waals surface area (Å²) in [7, 11) is 0. The summed E-state index contributed by atoms with van der Waals surface area (Å²) in [5.41, 5.74) is 11.5. The predicted molar refractivity (Wildman–Crippen MR) is 117 cm³/mol. The number of hydrogen-bond donors (Lipinski definition) is 3. The van der Waals surface area contributed by atoms with Crippen LogP contribution in [0.15, 0.2) is 22.8 Å². The first kappa shape index (κ1) is 18.7. The zero-order valence-electron chi connectivity index (χ0n) is 16.8. The first-order valence-electron chi connectivity index (χ1n) is 10.4. The average molecular weight is 453 g/mol. The molecule has 0 fully saturated rings. The van der Waals surface area contributed by atoms with Gasteiger partial charge in [0.05, 0.1) is 5.92 Å². The average Bonchev–Trinajstić information content (AvgIpc) is 3.39. The van der Waals surface area contributed by atoms with Gasteiger partial charge >= 0.3 is 5.97 Å². The van der Waals surface area contributed by atoms with E-state index in [1.165, 1.54) is 45.5 Å². The smallest absolute Gasteiger partial charge is 0.352 e. The number of aromatic nitrogens is 2. The number of carboxylic acids is 1. The third kappa shape index (κ3) is 2.90. The van der Waals surface area contributed by atoms with Crippen molar-refractivity contribution in [3.63, 3.8) is 0 Å². The van der Waals surface area contributed by atoms with Crippen molar-refractivity contribution in [2.75, 3.05) is 0 Å². The van der Waals surface area contributed by atoms with Crippen molar-refractivity contribution in [1.29, 1.82) is 0 Å². The summed E-state index contributed by atoms with van der Waals surface area (Å²) in [6.07, 6.45) is 8.40. The van der Waals surface area contributed by atoms with Gasteiger partial charge in [-0.05, 0) is 103 Å². The van der Waals surface area contributed by atoms with Crippen LogP contribution in [0.3, 0.4) is 0 Å². The molecule has 4 nitrogen and oxygen atoms in total. The maximum Gasteiger partial charge on any atom is 0.352 e. The van der Waals surface area contributed by atoms with Crippen LogP contribution in [0.1, 0.15) is 79.6 Å². The molecule has 2 aromatic heterocycles. The highest BCUT2D eigenvalue weighted by Gasteiger charge is 2.34. The third-order valence-corrected chi connectivity index (χ3v) is 7.19. The van der Waals surface area contributed by atoms with Crippen LogP contribution in [-0.2, 0) is 25.7 Å². The molecule has 2 aliphatic carbocycles. The Bertz CT molecular complexity index is 1120.